The molecule has 2 rings (SSSR count). The van der Waals surface area contributed by atoms with Crippen LogP contribution in [0.15, 0.2) is 30.3 Å². The normalized spacial score (nSPS) is 18.9. The van der Waals surface area contributed by atoms with Gasteiger partial charge in [0, 0.05) is 12.5 Å². The average Bonchev–Trinajstić information content (AvgIpc) is 2.48. The molecule has 0 amide bonds. The second kappa shape index (κ2) is 7.44. The molecule has 0 bridgehead atoms. The molecule has 1 unspecified atom stereocenters. The predicted octanol–water partition coefficient (Wildman–Crippen LogP) is 3.71. The topological polar surface area (TPSA) is 40.5 Å². The van der Waals surface area contributed by atoms with E-state index in [0.717, 1.165) is 38.8 Å². The van der Waals surface area contributed by atoms with Gasteiger partial charge in [-0.1, -0.05) is 37.3 Å². The molecule has 110 valence electrons. The van der Waals surface area contributed by atoms with E-state index in [0.29, 0.717) is 18.4 Å². The van der Waals surface area contributed by atoms with Gasteiger partial charge in [0.05, 0.1) is 0 Å². The van der Waals surface area contributed by atoms with Crippen molar-refractivity contribution in [2.75, 3.05) is 13.1 Å². The molecule has 1 aromatic carbocycles. The summed E-state index contributed by atoms with van der Waals surface area (Å²) in [6, 6.07) is 11.2. The Labute approximate surface area is 121 Å². The first-order valence-electron chi connectivity index (χ1n) is 7.71. The van der Waals surface area contributed by atoms with Gasteiger partial charge in [0.1, 0.15) is 0 Å². The van der Waals surface area contributed by atoms with Gasteiger partial charge in [-0.25, -0.2) is 0 Å². The van der Waals surface area contributed by atoms with Gasteiger partial charge in [-0.3, -0.25) is 9.69 Å². The number of carboxylic acid groups (broad SMARTS) is 1. The molecule has 1 aliphatic heterocycles. The van der Waals surface area contributed by atoms with Gasteiger partial charge >= 0.3 is 5.97 Å². The second-order valence-corrected chi connectivity index (χ2v) is 5.75. The molecule has 0 spiro atoms. The Morgan fingerprint density at radius 3 is 2.50 bits per heavy atom. The van der Waals surface area contributed by atoms with Crippen LogP contribution in [-0.2, 0) is 4.79 Å². The number of hydrogen-bond donors (Lipinski definition) is 1. The first kappa shape index (κ1) is 15.0. The van der Waals surface area contributed by atoms with Crippen LogP contribution in [0.3, 0.4) is 0 Å². The Hall–Kier alpha value is -1.35. The van der Waals surface area contributed by atoms with Gasteiger partial charge in [0.25, 0.3) is 0 Å². The molecule has 0 aliphatic carbocycles. The minimum atomic E-state index is -0.664. The fourth-order valence-electron chi connectivity index (χ4n) is 3.26. The third-order valence-corrected chi connectivity index (χ3v) is 4.43. The molecule has 1 aliphatic rings. The van der Waals surface area contributed by atoms with Crippen LogP contribution in [0.5, 0.6) is 0 Å². The van der Waals surface area contributed by atoms with Crippen LogP contribution in [0.1, 0.15) is 50.6 Å². The predicted molar refractivity (Wildman–Crippen MR) is 80.6 cm³/mol. The molecule has 20 heavy (non-hydrogen) atoms. The van der Waals surface area contributed by atoms with Crippen LogP contribution in [0.25, 0.3) is 0 Å². The average molecular weight is 275 g/mol. The number of carboxylic acids is 1. The summed E-state index contributed by atoms with van der Waals surface area (Å²) in [5.41, 5.74) is 1.40. The SMILES string of the molecule is CCC(c1ccccc1)N1CCC(CCC(=O)O)CC1. The Bertz CT molecular complexity index is 410. The van der Waals surface area contributed by atoms with E-state index in [4.69, 9.17) is 5.11 Å². The lowest BCUT2D eigenvalue weighted by atomic mass is 9.90. The monoisotopic (exact) mass is 275 g/mol. The molecular weight excluding hydrogens is 250 g/mol. The molecule has 1 aromatic rings. The van der Waals surface area contributed by atoms with Crippen LogP contribution in [0, 0.1) is 5.92 Å². The van der Waals surface area contributed by atoms with Crippen molar-refractivity contribution >= 4 is 5.97 Å². The van der Waals surface area contributed by atoms with Crippen molar-refractivity contribution in [1.82, 2.24) is 4.90 Å². The maximum absolute atomic E-state index is 10.6. The number of nitrogens with zero attached hydrogens (tertiary/aromatic N) is 1. The summed E-state index contributed by atoms with van der Waals surface area (Å²) in [6.07, 6.45) is 4.56. The molecule has 0 aromatic heterocycles. The van der Waals surface area contributed by atoms with Gasteiger partial charge in [0.2, 0.25) is 0 Å². The highest BCUT2D eigenvalue weighted by molar-refractivity contribution is 5.66. The minimum absolute atomic E-state index is 0.320. The molecule has 1 fully saturated rings. The van der Waals surface area contributed by atoms with Gasteiger partial charge in [-0.15, -0.1) is 0 Å². The summed E-state index contributed by atoms with van der Waals surface area (Å²) in [7, 11) is 0. The zero-order valence-corrected chi connectivity index (χ0v) is 12.3. The number of carbonyl (C=O) groups is 1. The van der Waals surface area contributed by atoms with Gasteiger partial charge in [0.15, 0.2) is 0 Å². The highest BCUT2D eigenvalue weighted by Crippen LogP contribution is 2.30. The zero-order chi connectivity index (χ0) is 14.4. The van der Waals surface area contributed by atoms with Crippen LogP contribution < -0.4 is 0 Å². The summed E-state index contributed by atoms with van der Waals surface area (Å²) < 4.78 is 0. The number of likely N-dealkylation sites (tertiary alicyclic amines) is 1. The van der Waals surface area contributed by atoms with E-state index in [-0.39, 0.29) is 0 Å². The third kappa shape index (κ3) is 4.07. The van der Waals surface area contributed by atoms with Crippen molar-refractivity contribution in [3.63, 3.8) is 0 Å². The standard InChI is InChI=1S/C17H25NO2/c1-2-16(15-6-4-3-5-7-15)18-12-10-14(11-13-18)8-9-17(19)20/h3-7,14,16H,2,8-13H2,1H3,(H,19,20). The third-order valence-electron chi connectivity index (χ3n) is 4.43. The number of rotatable bonds is 6. The van der Waals surface area contributed by atoms with Crippen molar-refractivity contribution in [3.8, 4) is 0 Å². The summed E-state index contributed by atoms with van der Waals surface area (Å²) in [5.74, 6) is -0.0706. The number of aliphatic carboxylic acids is 1. The minimum Gasteiger partial charge on any atom is -0.481 e. The fraction of sp³-hybridized carbons (Fsp3) is 0.588. The van der Waals surface area contributed by atoms with Crippen LogP contribution in [0.4, 0.5) is 0 Å². The fourth-order valence-corrected chi connectivity index (χ4v) is 3.26. The second-order valence-electron chi connectivity index (χ2n) is 5.75. The molecule has 3 nitrogen and oxygen atoms in total. The molecule has 1 atom stereocenters. The largest absolute Gasteiger partial charge is 0.481 e. The van der Waals surface area contributed by atoms with Crippen LogP contribution in [0.2, 0.25) is 0 Å². The highest BCUT2D eigenvalue weighted by Gasteiger charge is 2.25. The summed E-state index contributed by atoms with van der Waals surface area (Å²) in [4.78, 5) is 13.2. The van der Waals surface area contributed by atoms with E-state index in [9.17, 15) is 4.79 Å². The molecule has 0 radical (unpaired) electrons. The summed E-state index contributed by atoms with van der Waals surface area (Å²) >= 11 is 0. The zero-order valence-electron chi connectivity index (χ0n) is 12.3. The Kier molecular flexibility index (Phi) is 5.60. The van der Waals surface area contributed by atoms with Gasteiger partial charge < -0.3 is 5.11 Å². The van der Waals surface area contributed by atoms with E-state index < -0.39 is 5.97 Å². The highest BCUT2D eigenvalue weighted by atomic mass is 16.4. The summed E-state index contributed by atoms with van der Waals surface area (Å²) in [6.45, 7) is 4.43. The lowest BCUT2D eigenvalue weighted by Crippen LogP contribution is -2.36. The Balaban J connectivity index is 1.87. The van der Waals surface area contributed by atoms with E-state index in [2.05, 4.69) is 42.2 Å². The van der Waals surface area contributed by atoms with Crippen molar-refractivity contribution < 1.29 is 9.90 Å². The molecule has 3 heteroatoms. The van der Waals surface area contributed by atoms with Crippen LogP contribution >= 0.6 is 0 Å². The van der Waals surface area contributed by atoms with Crippen molar-refractivity contribution in [2.45, 2.75) is 45.1 Å². The molecular formula is C17H25NO2. The first-order chi connectivity index (χ1) is 9.70. The van der Waals surface area contributed by atoms with E-state index in [1.807, 2.05) is 0 Å². The Morgan fingerprint density at radius 1 is 1.30 bits per heavy atom. The number of benzene rings is 1. The van der Waals surface area contributed by atoms with Crippen LogP contribution in [-0.4, -0.2) is 29.1 Å². The maximum Gasteiger partial charge on any atom is 0.303 e. The van der Waals surface area contributed by atoms with Gasteiger partial charge in [-0.2, -0.15) is 0 Å². The Morgan fingerprint density at radius 2 is 1.95 bits per heavy atom. The molecule has 1 heterocycles. The lowest BCUT2D eigenvalue weighted by Gasteiger charge is -2.37. The van der Waals surface area contributed by atoms with Crippen molar-refractivity contribution in [1.29, 1.82) is 0 Å². The molecule has 0 saturated carbocycles. The number of hydrogen-bond acceptors (Lipinski definition) is 2. The van der Waals surface area contributed by atoms with Crippen molar-refractivity contribution in [2.24, 2.45) is 5.92 Å². The number of piperidine rings is 1. The van der Waals surface area contributed by atoms with Crippen molar-refractivity contribution in [3.05, 3.63) is 35.9 Å². The molecule has 1 N–H and O–H groups in total. The lowest BCUT2D eigenvalue weighted by molar-refractivity contribution is -0.137. The quantitative estimate of drug-likeness (QED) is 0.860. The maximum atomic E-state index is 10.6. The first-order valence-corrected chi connectivity index (χ1v) is 7.71. The van der Waals surface area contributed by atoms with E-state index >= 15 is 0 Å². The van der Waals surface area contributed by atoms with E-state index in [1.54, 1.807) is 0 Å². The van der Waals surface area contributed by atoms with E-state index in [1.165, 1.54) is 5.56 Å². The van der Waals surface area contributed by atoms with Gasteiger partial charge in [-0.05, 0) is 50.3 Å². The summed E-state index contributed by atoms with van der Waals surface area (Å²) in [5, 5.41) is 8.76. The smallest absolute Gasteiger partial charge is 0.303 e. The molecule has 1 saturated heterocycles.